The Morgan fingerprint density at radius 1 is 0.833 bits per heavy atom. The predicted molar refractivity (Wildman–Crippen MR) is 142 cm³/mol. The van der Waals surface area contributed by atoms with Crippen LogP contribution in [0.4, 0.5) is 0 Å². The number of aryl methyl sites for hydroxylation is 1. The van der Waals surface area contributed by atoms with Crippen LogP contribution in [0.3, 0.4) is 0 Å². The van der Waals surface area contributed by atoms with Gasteiger partial charge in [0.05, 0.1) is 11.8 Å². The number of hydrogen-bond donors (Lipinski definition) is 1. The lowest BCUT2D eigenvalue weighted by Crippen LogP contribution is -2.35. The Morgan fingerprint density at radius 2 is 1.42 bits per heavy atom. The second-order valence-corrected chi connectivity index (χ2v) is 8.87. The summed E-state index contributed by atoms with van der Waals surface area (Å²) < 4.78 is 5.33. The molecule has 4 aromatic rings. The molecule has 1 aromatic heterocycles. The minimum atomic E-state index is -0.133. The van der Waals surface area contributed by atoms with Crippen LogP contribution in [-0.2, 0) is 11.3 Å². The van der Waals surface area contributed by atoms with E-state index in [1.165, 1.54) is 17.4 Å². The van der Waals surface area contributed by atoms with Crippen molar-refractivity contribution in [2.24, 2.45) is 0 Å². The molecule has 2 amide bonds. The molecule has 184 valence electrons. The largest absolute Gasteiger partial charge is 0.469 e. The van der Waals surface area contributed by atoms with E-state index in [9.17, 15) is 9.59 Å². The Kier molecular flexibility index (Phi) is 8.71. The molecule has 0 spiro atoms. The molecule has 0 aliphatic heterocycles. The molecule has 4 rings (SSSR count). The standard InChI is InChI=1S/C31H32N2O3/c1-24-28(19-22-36-24)31(35)33(23-25-11-5-2-6-12-25)21-18-30(34)32-20-17-29(26-13-7-3-8-14-26)27-15-9-4-10-16-27/h2-16,19,22,29H,17-18,20-21,23H2,1H3,(H,32,34). The number of amides is 2. The number of nitrogens with zero attached hydrogens (tertiary/aromatic N) is 1. The summed E-state index contributed by atoms with van der Waals surface area (Å²) in [6.07, 6.45) is 2.54. The quantitative estimate of drug-likeness (QED) is 0.288. The van der Waals surface area contributed by atoms with E-state index in [2.05, 4.69) is 29.6 Å². The van der Waals surface area contributed by atoms with Gasteiger partial charge >= 0.3 is 0 Å². The Bertz CT molecular complexity index is 1200. The van der Waals surface area contributed by atoms with Crippen LogP contribution in [-0.4, -0.2) is 29.8 Å². The maximum absolute atomic E-state index is 13.2. The van der Waals surface area contributed by atoms with E-state index < -0.39 is 0 Å². The van der Waals surface area contributed by atoms with Gasteiger partial charge in [-0.05, 0) is 36.1 Å². The molecule has 0 bridgehead atoms. The fourth-order valence-corrected chi connectivity index (χ4v) is 4.41. The van der Waals surface area contributed by atoms with Crippen molar-refractivity contribution >= 4 is 11.8 Å². The summed E-state index contributed by atoms with van der Waals surface area (Å²) in [4.78, 5) is 27.7. The Morgan fingerprint density at radius 3 is 1.97 bits per heavy atom. The first-order valence-corrected chi connectivity index (χ1v) is 12.4. The summed E-state index contributed by atoms with van der Waals surface area (Å²) in [7, 11) is 0. The van der Waals surface area contributed by atoms with Gasteiger partial charge in [0.1, 0.15) is 5.76 Å². The monoisotopic (exact) mass is 480 g/mol. The molecule has 5 heteroatoms. The maximum Gasteiger partial charge on any atom is 0.257 e. The number of carbonyl (C=O) groups excluding carboxylic acids is 2. The van der Waals surface area contributed by atoms with Crippen molar-refractivity contribution in [1.82, 2.24) is 10.2 Å². The van der Waals surface area contributed by atoms with Crippen LogP contribution in [0.5, 0.6) is 0 Å². The third kappa shape index (κ3) is 6.72. The minimum absolute atomic E-state index is 0.0651. The second-order valence-electron chi connectivity index (χ2n) is 8.87. The summed E-state index contributed by atoms with van der Waals surface area (Å²) in [5.74, 6) is 0.582. The summed E-state index contributed by atoms with van der Waals surface area (Å²) in [6.45, 7) is 3.09. The van der Waals surface area contributed by atoms with Crippen LogP contribution in [0.15, 0.2) is 108 Å². The van der Waals surface area contributed by atoms with E-state index in [1.807, 2.05) is 66.7 Å². The first kappa shape index (κ1) is 25.0. The molecular formula is C31H32N2O3. The topological polar surface area (TPSA) is 62.6 Å². The van der Waals surface area contributed by atoms with Crippen molar-refractivity contribution in [3.05, 3.63) is 131 Å². The minimum Gasteiger partial charge on any atom is -0.469 e. The lowest BCUT2D eigenvalue weighted by Gasteiger charge is -2.23. The normalized spacial score (nSPS) is 10.8. The number of nitrogens with one attached hydrogen (secondary N) is 1. The van der Waals surface area contributed by atoms with Gasteiger partial charge in [-0.2, -0.15) is 0 Å². The van der Waals surface area contributed by atoms with E-state index in [4.69, 9.17) is 4.42 Å². The first-order chi connectivity index (χ1) is 17.6. The fraction of sp³-hybridized carbons (Fsp3) is 0.226. The smallest absolute Gasteiger partial charge is 0.257 e. The summed E-state index contributed by atoms with van der Waals surface area (Å²) in [5.41, 5.74) is 4.00. The predicted octanol–water partition coefficient (Wildman–Crippen LogP) is 5.96. The average Bonchev–Trinajstić information content (AvgIpc) is 3.36. The Balaban J connectivity index is 1.36. The zero-order chi connectivity index (χ0) is 25.2. The van der Waals surface area contributed by atoms with E-state index in [-0.39, 0.29) is 24.2 Å². The maximum atomic E-state index is 13.2. The average molecular weight is 481 g/mol. The van der Waals surface area contributed by atoms with Crippen molar-refractivity contribution in [2.45, 2.75) is 32.2 Å². The molecule has 0 atom stereocenters. The van der Waals surface area contributed by atoms with E-state index >= 15 is 0 Å². The highest BCUT2D eigenvalue weighted by atomic mass is 16.3. The van der Waals surface area contributed by atoms with Gasteiger partial charge in [0, 0.05) is 32.0 Å². The van der Waals surface area contributed by atoms with Gasteiger partial charge in [0.15, 0.2) is 0 Å². The number of carbonyl (C=O) groups is 2. The number of furan rings is 1. The van der Waals surface area contributed by atoms with Crippen molar-refractivity contribution in [3.63, 3.8) is 0 Å². The van der Waals surface area contributed by atoms with Crippen LogP contribution >= 0.6 is 0 Å². The Hall–Kier alpha value is -4.12. The highest BCUT2D eigenvalue weighted by Gasteiger charge is 2.21. The van der Waals surface area contributed by atoms with Crippen molar-refractivity contribution in [1.29, 1.82) is 0 Å². The number of benzene rings is 3. The number of rotatable bonds is 11. The second kappa shape index (κ2) is 12.5. The van der Waals surface area contributed by atoms with E-state index in [0.717, 1.165) is 12.0 Å². The molecule has 0 unspecified atom stereocenters. The van der Waals surface area contributed by atoms with Crippen LogP contribution in [0.1, 0.15) is 51.6 Å². The van der Waals surface area contributed by atoms with Gasteiger partial charge in [-0.15, -0.1) is 0 Å². The molecule has 0 fully saturated rings. The lowest BCUT2D eigenvalue weighted by atomic mass is 9.88. The highest BCUT2D eigenvalue weighted by molar-refractivity contribution is 5.95. The highest BCUT2D eigenvalue weighted by Crippen LogP contribution is 2.27. The van der Waals surface area contributed by atoms with Gasteiger partial charge in [-0.3, -0.25) is 9.59 Å². The van der Waals surface area contributed by atoms with Gasteiger partial charge in [0.25, 0.3) is 5.91 Å². The van der Waals surface area contributed by atoms with Crippen LogP contribution in [0, 0.1) is 6.92 Å². The molecule has 36 heavy (non-hydrogen) atoms. The van der Waals surface area contributed by atoms with Gasteiger partial charge in [0.2, 0.25) is 5.91 Å². The molecule has 5 nitrogen and oxygen atoms in total. The van der Waals surface area contributed by atoms with Crippen LogP contribution in [0.2, 0.25) is 0 Å². The van der Waals surface area contributed by atoms with Crippen molar-refractivity contribution in [3.8, 4) is 0 Å². The van der Waals surface area contributed by atoms with Crippen molar-refractivity contribution < 1.29 is 14.0 Å². The lowest BCUT2D eigenvalue weighted by molar-refractivity contribution is -0.121. The van der Waals surface area contributed by atoms with Gasteiger partial charge in [-0.25, -0.2) is 0 Å². The molecule has 0 saturated heterocycles. The van der Waals surface area contributed by atoms with E-state index in [0.29, 0.717) is 31.0 Å². The Labute approximate surface area is 212 Å². The fourth-order valence-electron chi connectivity index (χ4n) is 4.41. The van der Waals surface area contributed by atoms with Crippen LogP contribution in [0.25, 0.3) is 0 Å². The SMILES string of the molecule is Cc1occc1C(=O)N(CCC(=O)NCCC(c1ccccc1)c1ccccc1)Cc1ccccc1. The van der Waals surface area contributed by atoms with E-state index in [1.54, 1.807) is 17.9 Å². The molecule has 1 N–H and O–H groups in total. The van der Waals surface area contributed by atoms with Gasteiger partial charge < -0.3 is 14.6 Å². The molecule has 3 aromatic carbocycles. The first-order valence-electron chi connectivity index (χ1n) is 12.4. The molecular weight excluding hydrogens is 448 g/mol. The van der Waals surface area contributed by atoms with Gasteiger partial charge in [-0.1, -0.05) is 91.0 Å². The number of hydrogen-bond acceptors (Lipinski definition) is 3. The van der Waals surface area contributed by atoms with Crippen molar-refractivity contribution in [2.75, 3.05) is 13.1 Å². The molecule has 0 saturated carbocycles. The summed E-state index contributed by atoms with van der Waals surface area (Å²) in [6, 6.07) is 32.2. The summed E-state index contributed by atoms with van der Waals surface area (Å²) >= 11 is 0. The van der Waals surface area contributed by atoms with Crippen LogP contribution < -0.4 is 5.32 Å². The third-order valence-corrected chi connectivity index (χ3v) is 6.36. The molecule has 0 radical (unpaired) electrons. The zero-order valence-electron chi connectivity index (χ0n) is 20.6. The zero-order valence-corrected chi connectivity index (χ0v) is 20.6. The molecule has 0 aliphatic carbocycles. The molecule has 0 aliphatic rings. The third-order valence-electron chi connectivity index (χ3n) is 6.36. The summed E-state index contributed by atoms with van der Waals surface area (Å²) in [5, 5.41) is 3.06. The molecule has 1 heterocycles.